The Balaban J connectivity index is 2.14. The van der Waals surface area contributed by atoms with Gasteiger partial charge in [-0.3, -0.25) is 4.90 Å². The monoisotopic (exact) mass is 244 g/mol. The molecule has 0 saturated carbocycles. The molecule has 1 atom stereocenters. The van der Waals surface area contributed by atoms with Crippen molar-refractivity contribution in [3.05, 3.63) is 0 Å². The van der Waals surface area contributed by atoms with Crippen LogP contribution in [0.5, 0.6) is 0 Å². The third-order valence-electron chi connectivity index (χ3n) is 3.08. The van der Waals surface area contributed by atoms with E-state index in [9.17, 15) is 15.0 Å². The zero-order valence-electron chi connectivity index (χ0n) is 10.2. The number of unbranched alkanes of at least 4 members (excludes halogenated alkanes) is 1. The van der Waals surface area contributed by atoms with E-state index in [1.165, 1.54) is 0 Å². The van der Waals surface area contributed by atoms with Crippen LogP contribution in [0.1, 0.15) is 19.3 Å². The maximum absolute atomic E-state index is 10.9. The molecule has 0 aliphatic carbocycles. The molecule has 1 aliphatic rings. The molecule has 6 nitrogen and oxygen atoms in total. The summed E-state index contributed by atoms with van der Waals surface area (Å²) in [5.41, 5.74) is 5.18. The van der Waals surface area contributed by atoms with Crippen molar-refractivity contribution in [1.82, 2.24) is 9.80 Å². The second-order valence-corrected chi connectivity index (χ2v) is 4.48. The Kier molecular flexibility index (Phi) is 6.25. The van der Waals surface area contributed by atoms with Crippen molar-refractivity contribution in [2.24, 2.45) is 5.73 Å². The predicted octanol–water partition coefficient (Wildman–Crippen LogP) is -0.356. The standard InChI is InChI=1S/C11H22N3O3/c12-11(17)14-6-4-13(5-7-14)9-10(16)3-1-2-8-15/h10,16H,1-9H2,(H2,12,17). The summed E-state index contributed by atoms with van der Waals surface area (Å²) in [6, 6.07) is -0.374. The Bertz CT molecular complexity index is 230. The minimum Gasteiger partial charge on any atom is -0.392 e. The normalized spacial score (nSPS) is 19.3. The highest BCUT2D eigenvalue weighted by Gasteiger charge is 2.20. The minimum atomic E-state index is -0.374. The molecule has 0 aromatic rings. The van der Waals surface area contributed by atoms with Crippen LogP contribution in [0.4, 0.5) is 4.79 Å². The maximum atomic E-state index is 10.9. The zero-order valence-corrected chi connectivity index (χ0v) is 10.2. The van der Waals surface area contributed by atoms with Gasteiger partial charge < -0.3 is 15.7 Å². The van der Waals surface area contributed by atoms with Gasteiger partial charge in [-0.15, -0.1) is 0 Å². The van der Waals surface area contributed by atoms with Crippen LogP contribution in [-0.4, -0.2) is 66.4 Å². The second kappa shape index (κ2) is 7.47. The largest absolute Gasteiger partial charge is 0.392 e. The number of rotatable bonds is 6. The number of aliphatic hydroxyl groups excluding tert-OH is 1. The van der Waals surface area contributed by atoms with Gasteiger partial charge in [0.05, 0.1) is 12.7 Å². The maximum Gasteiger partial charge on any atom is 0.314 e. The number of urea groups is 1. The number of amides is 2. The molecular weight excluding hydrogens is 222 g/mol. The van der Waals surface area contributed by atoms with E-state index >= 15 is 0 Å². The Hall–Kier alpha value is -0.850. The number of nitrogens with zero attached hydrogens (tertiary/aromatic N) is 2. The van der Waals surface area contributed by atoms with E-state index in [1.807, 2.05) is 0 Å². The summed E-state index contributed by atoms with van der Waals surface area (Å²) in [5, 5.41) is 20.0. The number of primary amides is 1. The fourth-order valence-electron chi connectivity index (χ4n) is 2.02. The van der Waals surface area contributed by atoms with Crippen LogP contribution in [0.2, 0.25) is 0 Å². The summed E-state index contributed by atoms with van der Waals surface area (Å²) in [4.78, 5) is 14.6. The summed E-state index contributed by atoms with van der Waals surface area (Å²) in [5.74, 6) is 0. The van der Waals surface area contributed by atoms with Crippen molar-refractivity contribution in [3.8, 4) is 0 Å². The lowest BCUT2D eigenvalue weighted by Crippen LogP contribution is -2.51. The number of aliphatic hydroxyl groups is 1. The molecule has 2 amide bonds. The third-order valence-corrected chi connectivity index (χ3v) is 3.08. The predicted molar refractivity (Wildman–Crippen MR) is 63.0 cm³/mol. The molecule has 0 bridgehead atoms. The highest BCUT2D eigenvalue weighted by Crippen LogP contribution is 2.06. The molecule has 1 heterocycles. The zero-order chi connectivity index (χ0) is 12.7. The van der Waals surface area contributed by atoms with Crippen LogP contribution in [0.15, 0.2) is 0 Å². The first kappa shape index (κ1) is 14.2. The van der Waals surface area contributed by atoms with Crippen LogP contribution in [0, 0.1) is 0 Å². The van der Waals surface area contributed by atoms with Crippen LogP contribution < -0.4 is 5.73 Å². The summed E-state index contributed by atoms with van der Waals surface area (Å²) in [6.07, 6.45) is 1.72. The highest BCUT2D eigenvalue weighted by atomic mass is 16.3. The number of β-amino-alcohol motifs (C(OH)–C–C–N with tert-alkyl or cyclic N) is 1. The molecule has 1 fully saturated rings. The quantitative estimate of drug-likeness (QED) is 0.625. The first-order valence-corrected chi connectivity index (χ1v) is 6.16. The van der Waals surface area contributed by atoms with E-state index in [2.05, 4.69) is 4.90 Å². The number of hydrogen-bond donors (Lipinski definition) is 2. The van der Waals surface area contributed by atoms with Gasteiger partial charge in [0, 0.05) is 32.7 Å². The lowest BCUT2D eigenvalue weighted by molar-refractivity contribution is 0.0746. The molecule has 3 N–H and O–H groups in total. The first-order valence-electron chi connectivity index (χ1n) is 6.16. The van der Waals surface area contributed by atoms with E-state index in [1.54, 1.807) is 4.90 Å². The van der Waals surface area contributed by atoms with Gasteiger partial charge in [0.25, 0.3) is 0 Å². The molecule has 1 aliphatic heterocycles. The van der Waals surface area contributed by atoms with Crippen LogP contribution >= 0.6 is 0 Å². The molecule has 0 aromatic heterocycles. The highest BCUT2D eigenvalue weighted by molar-refractivity contribution is 5.72. The molecule has 6 heteroatoms. The molecule has 1 rings (SSSR count). The molecule has 0 spiro atoms. The van der Waals surface area contributed by atoms with E-state index in [0.29, 0.717) is 32.5 Å². The number of piperazine rings is 1. The Morgan fingerprint density at radius 2 is 1.88 bits per heavy atom. The van der Waals surface area contributed by atoms with E-state index < -0.39 is 0 Å². The van der Waals surface area contributed by atoms with Gasteiger partial charge in [-0.1, -0.05) is 0 Å². The molecular formula is C11H22N3O3. The average molecular weight is 244 g/mol. The molecule has 1 saturated heterocycles. The molecule has 1 radical (unpaired) electrons. The SMILES string of the molecule is NC(=O)N1CCN(CC(O)CCCC[O])CC1. The fourth-order valence-corrected chi connectivity index (χ4v) is 2.02. The van der Waals surface area contributed by atoms with E-state index in [4.69, 9.17) is 5.73 Å². The average Bonchev–Trinajstić information content (AvgIpc) is 2.30. The third kappa shape index (κ3) is 5.34. The topological polar surface area (TPSA) is 89.7 Å². The van der Waals surface area contributed by atoms with Crippen molar-refractivity contribution in [2.75, 3.05) is 39.3 Å². The summed E-state index contributed by atoms with van der Waals surface area (Å²) in [6.45, 7) is 3.31. The van der Waals surface area contributed by atoms with Crippen molar-refractivity contribution in [2.45, 2.75) is 25.4 Å². The van der Waals surface area contributed by atoms with Crippen molar-refractivity contribution in [1.29, 1.82) is 0 Å². The second-order valence-electron chi connectivity index (χ2n) is 4.48. The Morgan fingerprint density at radius 3 is 2.41 bits per heavy atom. The smallest absolute Gasteiger partial charge is 0.314 e. The Morgan fingerprint density at radius 1 is 1.24 bits per heavy atom. The fraction of sp³-hybridized carbons (Fsp3) is 0.909. The lowest BCUT2D eigenvalue weighted by Gasteiger charge is -2.34. The van der Waals surface area contributed by atoms with Gasteiger partial charge in [0.15, 0.2) is 0 Å². The van der Waals surface area contributed by atoms with Gasteiger partial charge in [-0.2, -0.15) is 0 Å². The van der Waals surface area contributed by atoms with Crippen LogP contribution in [0.25, 0.3) is 0 Å². The lowest BCUT2D eigenvalue weighted by atomic mass is 10.1. The van der Waals surface area contributed by atoms with Gasteiger partial charge in [-0.25, -0.2) is 9.90 Å². The van der Waals surface area contributed by atoms with Gasteiger partial charge in [0.2, 0.25) is 0 Å². The first-order chi connectivity index (χ1) is 8.13. The van der Waals surface area contributed by atoms with Crippen LogP contribution in [-0.2, 0) is 5.11 Å². The Labute approximate surface area is 102 Å². The molecule has 1 unspecified atom stereocenters. The number of carbonyl (C=O) groups excluding carboxylic acids is 1. The summed E-state index contributed by atoms with van der Waals surface area (Å²) < 4.78 is 0. The van der Waals surface area contributed by atoms with E-state index in [0.717, 1.165) is 19.5 Å². The number of hydrogen-bond acceptors (Lipinski definition) is 3. The number of nitrogens with two attached hydrogens (primary N) is 1. The van der Waals surface area contributed by atoms with Crippen LogP contribution in [0.3, 0.4) is 0 Å². The summed E-state index contributed by atoms with van der Waals surface area (Å²) >= 11 is 0. The number of carbonyl (C=O) groups is 1. The van der Waals surface area contributed by atoms with Gasteiger partial charge >= 0.3 is 6.03 Å². The van der Waals surface area contributed by atoms with E-state index in [-0.39, 0.29) is 18.7 Å². The van der Waals surface area contributed by atoms with Crippen molar-refractivity contribution in [3.63, 3.8) is 0 Å². The molecule has 99 valence electrons. The minimum absolute atomic E-state index is 0.0655. The van der Waals surface area contributed by atoms with Gasteiger partial charge in [0.1, 0.15) is 0 Å². The summed E-state index contributed by atoms with van der Waals surface area (Å²) in [7, 11) is 0. The molecule has 0 aromatic carbocycles. The van der Waals surface area contributed by atoms with Crippen molar-refractivity contribution < 1.29 is 15.0 Å². The van der Waals surface area contributed by atoms with Crippen molar-refractivity contribution >= 4 is 6.03 Å². The van der Waals surface area contributed by atoms with Gasteiger partial charge in [-0.05, 0) is 19.3 Å². The molecule has 17 heavy (non-hydrogen) atoms.